The Hall–Kier alpha value is -2.75. The van der Waals surface area contributed by atoms with Crippen LogP contribution in [0.2, 0.25) is 0 Å². The number of imidazole rings is 1. The summed E-state index contributed by atoms with van der Waals surface area (Å²) in [6.07, 6.45) is 8.00. The highest BCUT2D eigenvalue weighted by molar-refractivity contribution is 5.43. The fourth-order valence-corrected chi connectivity index (χ4v) is 4.11. The number of fused-ring (bicyclic) bond motifs is 1. The molecule has 3 aromatic rings. The Kier molecular flexibility index (Phi) is 4.65. The number of aryl methyl sites for hydroxylation is 1. The van der Waals surface area contributed by atoms with Gasteiger partial charge in [-0.1, -0.05) is 18.2 Å². The summed E-state index contributed by atoms with van der Waals surface area (Å²) in [7, 11) is 3.44. The molecule has 1 heterocycles. The van der Waals surface area contributed by atoms with Crippen LogP contribution in [-0.2, 0) is 13.0 Å². The van der Waals surface area contributed by atoms with Gasteiger partial charge in [-0.3, -0.25) is 0 Å². The van der Waals surface area contributed by atoms with Crippen molar-refractivity contribution in [2.45, 2.75) is 31.2 Å². The van der Waals surface area contributed by atoms with Crippen LogP contribution in [-0.4, -0.2) is 23.8 Å². The van der Waals surface area contributed by atoms with Gasteiger partial charge in [-0.25, -0.2) is 4.98 Å². The number of benzene rings is 2. The Bertz CT molecular complexity index is 856. The summed E-state index contributed by atoms with van der Waals surface area (Å²) in [6, 6.07) is 15.1. The van der Waals surface area contributed by atoms with E-state index in [-0.39, 0.29) is 0 Å². The van der Waals surface area contributed by atoms with Gasteiger partial charge in [0.2, 0.25) is 0 Å². The second kappa shape index (κ2) is 7.24. The molecule has 2 aromatic carbocycles. The van der Waals surface area contributed by atoms with Gasteiger partial charge in [0.25, 0.3) is 0 Å². The van der Waals surface area contributed by atoms with Crippen molar-refractivity contribution in [1.82, 2.24) is 9.55 Å². The van der Waals surface area contributed by atoms with Crippen molar-refractivity contribution in [3.8, 4) is 11.5 Å². The van der Waals surface area contributed by atoms with Gasteiger partial charge >= 0.3 is 0 Å². The molecule has 0 radical (unpaired) electrons. The first kappa shape index (κ1) is 16.7. The van der Waals surface area contributed by atoms with Crippen LogP contribution >= 0.6 is 0 Å². The Morgan fingerprint density at radius 2 is 1.81 bits per heavy atom. The number of aromatic nitrogens is 2. The van der Waals surface area contributed by atoms with Gasteiger partial charge in [0, 0.05) is 24.9 Å². The molecule has 0 saturated carbocycles. The highest BCUT2D eigenvalue weighted by atomic mass is 16.5. The van der Waals surface area contributed by atoms with Crippen LogP contribution in [0, 0.1) is 0 Å². The second-order valence-electron chi connectivity index (χ2n) is 6.85. The minimum absolute atomic E-state index is 0.409. The first-order valence-electron chi connectivity index (χ1n) is 9.05. The Balaban J connectivity index is 1.72. The molecule has 0 spiro atoms. The summed E-state index contributed by atoms with van der Waals surface area (Å²) in [4.78, 5) is 4.22. The van der Waals surface area contributed by atoms with Crippen LogP contribution in [0.5, 0.6) is 11.5 Å². The quantitative estimate of drug-likeness (QED) is 0.685. The summed E-state index contributed by atoms with van der Waals surface area (Å²) in [5.74, 6) is 2.73. The predicted molar refractivity (Wildman–Crippen MR) is 102 cm³/mol. The van der Waals surface area contributed by atoms with Gasteiger partial charge in [0.05, 0.1) is 20.5 Å². The van der Waals surface area contributed by atoms with Crippen LogP contribution in [0.3, 0.4) is 0 Å². The minimum Gasteiger partial charge on any atom is -0.497 e. The molecule has 2 atom stereocenters. The molecule has 26 heavy (non-hydrogen) atoms. The lowest BCUT2D eigenvalue weighted by Gasteiger charge is -2.34. The third-order valence-electron chi connectivity index (χ3n) is 5.47. The van der Waals surface area contributed by atoms with Gasteiger partial charge in [-0.15, -0.1) is 0 Å². The molecule has 0 saturated heterocycles. The van der Waals surface area contributed by atoms with Crippen LogP contribution < -0.4 is 9.47 Å². The molecule has 4 heteroatoms. The van der Waals surface area contributed by atoms with Crippen LogP contribution in [0.15, 0.2) is 61.2 Å². The Labute approximate surface area is 154 Å². The maximum atomic E-state index is 5.43. The summed E-state index contributed by atoms with van der Waals surface area (Å²) >= 11 is 0. The van der Waals surface area contributed by atoms with E-state index in [0.717, 1.165) is 30.9 Å². The van der Waals surface area contributed by atoms with E-state index in [1.54, 1.807) is 14.2 Å². The smallest absolute Gasteiger partial charge is 0.119 e. The molecule has 1 aliphatic carbocycles. The maximum absolute atomic E-state index is 5.43. The van der Waals surface area contributed by atoms with E-state index in [0.29, 0.717) is 11.8 Å². The molecule has 0 amide bonds. The van der Waals surface area contributed by atoms with Crippen molar-refractivity contribution >= 4 is 0 Å². The number of hydrogen-bond donors (Lipinski definition) is 0. The van der Waals surface area contributed by atoms with Gasteiger partial charge in [-0.2, -0.15) is 0 Å². The highest BCUT2D eigenvalue weighted by Gasteiger charge is 2.31. The monoisotopic (exact) mass is 348 g/mol. The van der Waals surface area contributed by atoms with Crippen LogP contribution in [0.1, 0.15) is 34.9 Å². The van der Waals surface area contributed by atoms with E-state index in [1.807, 2.05) is 18.7 Å². The van der Waals surface area contributed by atoms with Crippen molar-refractivity contribution in [3.63, 3.8) is 0 Å². The van der Waals surface area contributed by atoms with Crippen molar-refractivity contribution in [2.75, 3.05) is 14.2 Å². The zero-order valence-corrected chi connectivity index (χ0v) is 15.3. The Morgan fingerprint density at radius 1 is 1.04 bits per heavy atom. The first-order valence-corrected chi connectivity index (χ1v) is 9.05. The number of nitrogens with zero attached hydrogens (tertiary/aromatic N) is 2. The number of ether oxygens (including phenoxy) is 2. The summed E-state index contributed by atoms with van der Waals surface area (Å²) in [6.45, 7) is 0.927. The van der Waals surface area contributed by atoms with Crippen LogP contribution in [0.25, 0.3) is 0 Å². The lowest BCUT2D eigenvalue weighted by Crippen LogP contribution is -2.23. The average Bonchev–Trinajstić information content (AvgIpc) is 3.21. The highest BCUT2D eigenvalue weighted by Crippen LogP contribution is 2.44. The fraction of sp³-hybridized carbons (Fsp3) is 0.318. The third kappa shape index (κ3) is 3.19. The van der Waals surface area contributed by atoms with Crippen molar-refractivity contribution in [1.29, 1.82) is 0 Å². The number of rotatable bonds is 5. The number of methoxy groups -OCH3 is 2. The maximum Gasteiger partial charge on any atom is 0.119 e. The third-order valence-corrected chi connectivity index (χ3v) is 5.47. The van der Waals surface area contributed by atoms with E-state index >= 15 is 0 Å². The molecule has 1 aliphatic rings. The zero-order valence-electron chi connectivity index (χ0n) is 15.3. The zero-order chi connectivity index (χ0) is 17.9. The first-order chi connectivity index (χ1) is 12.8. The van der Waals surface area contributed by atoms with Crippen molar-refractivity contribution in [3.05, 3.63) is 77.9 Å². The molecule has 134 valence electrons. The van der Waals surface area contributed by atoms with Crippen molar-refractivity contribution < 1.29 is 9.47 Å². The molecule has 0 aliphatic heterocycles. The largest absolute Gasteiger partial charge is 0.497 e. The number of hydrogen-bond acceptors (Lipinski definition) is 3. The lowest BCUT2D eigenvalue weighted by molar-refractivity contribution is 0.403. The molecule has 4 rings (SSSR count). The predicted octanol–water partition coefficient (Wildman–Crippen LogP) is 4.41. The summed E-state index contributed by atoms with van der Waals surface area (Å²) < 4.78 is 12.9. The van der Waals surface area contributed by atoms with Gasteiger partial charge in [0.1, 0.15) is 11.5 Å². The molecule has 0 fully saturated rings. The van der Waals surface area contributed by atoms with E-state index in [9.17, 15) is 0 Å². The van der Waals surface area contributed by atoms with Gasteiger partial charge < -0.3 is 14.0 Å². The molecule has 2 unspecified atom stereocenters. The molecule has 1 aromatic heterocycles. The summed E-state index contributed by atoms with van der Waals surface area (Å²) in [5, 5.41) is 0. The molecule has 0 bridgehead atoms. The fourth-order valence-electron chi connectivity index (χ4n) is 4.11. The average molecular weight is 348 g/mol. The SMILES string of the molecule is COc1ccc(C2CCc3cc(OC)ccc3C2Cn2ccnc2)cc1. The molecular weight excluding hydrogens is 324 g/mol. The molecule has 0 N–H and O–H groups in total. The lowest BCUT2D eigenvalue weighted by atomic mass is 9.72. The standard InChI is InChI=1S/C22H24N2O2/c1-25-18-6-3-16(4-7-18)20-9-5-17-13-19(26-2)8-10-21(17)22(20)14-24-12-11-23-15-24/h3-4,6-8,10-13,15,20,22H,5,9,14H2,1-2H3. The molecule has 4 nitrogen and oxygen atoms in total. The van der Waals surface area contributed by atoms with E-state index < -0.39 is 0 Å². The normalized spacial score (nSPS) is 19.0. The minimum atomic E-state index is 0.409. The topological polar surface area (TPSA) is 36.3 Å². The van der Waals surface area contributed by atoms with E-state index in [1.165, 1.54) is 16.7 Å². The van der Waals surface area contributed by atoms with Gasteiger partial charge in [0.15, 0.2) is 0 Å². The molecular formula is C22H24N2O2. The van der Waals surface area contributed by atoms with Gasteiger partial charge in [-0.05, 0) is 59.7 Å². The van der Waals surface area contributed by atoms with E-state index in [4.69, 9.17) is 9.47 Å². The second-order valence-corrected chi connectivity index (χ2v) is 6.85. The Morgan fingerprint density at radius 3 is 2.50 bits per heavy atom. The summed E-state index contributed by atoms with van der Waals surface area (Å²) in [5.41, 5.74) is 4.20. The van der Waals surface area contributed by atoms with Crippen LogP contribution in [0.4, 0.5) is 0 Å². The van der Waals surface area contributed by atoms with E-state index in [2.05, 4.69) is 52.0 Å². The van der Waals surface area contributed by atoms with Crippen molar-refractivity contribution in [2.24, 2.45) is 0 Å².